The Hall–Kier alpha value is -3.40. The number of Topliss-reactive ketones (excluding diaryl/α,β-unsaturated/α-hetero) is 1. The molecular formula is C24H22O4. The summed E-state index contributed by atoms with van der Waals surface area (Å²) in [5, 5.41) is 0. The number of rotatable bonds is 7. The number of carbonyl (C=O) groups excluding carboxylic acids is 2. The molecule has 0 spiro atoms. The summed E-state index contributed by atoms with van der Waals surface area (Å²) in [6.45, 7) is 3.78. The van der Waals surface area contributed by atoms with E-state index in [0.717, 1.165) is 16.9 Å². The zero-order valence-electron chi connectivity index (χ0n) is 16.0. The van der Waals surface area contributed by atoms with E-state index in [1.165, 1.54) is 0 Å². The predicted molar refractivity (Wildman–Crippen MR) is 108 cm³/mol. The molecular weight excluding hydrogens is 352 g/mol. The van der Waals surface area contributed by atoms with Crippen LogP contribution in [0.1, 0.15) is 37.4 Å². The van der Waals surface area contributed by atoms with Gasteiger partial charge in [0.25, 0.3) is 0 Å². The van der Waals surface area contributed by atoms with Crippen LogP contribution in [0.3, 0.4) is 0 Å². The Morgan fingerprint density at radius 3 is 2.29 bits per heavy atom. The molecule has 0 aliphatic heterocycles. The molecule has 0 fully saturated rings. The quantitative estimate of drug-likeness (QED) is 0.435. The molecule has 0 saturated carbocycles. The number of ether oxygens (including phenoxy) is 2. The molecule has 0 unspecified atom stereocenters. The predicted octanol–water partition coefficient (Wildman–Crippen LogP) is 4.92. The largest absolute Gasteiger partial charge is 0.489 e. The van der Waals surface area contributed by atoms with Crippen molar-refractivity contribution in [2.24, 2.45) is 0 Å². The van der Waals surface area contributed by atoms with E-state index in [0.29, 0.717) is 16.7 Å². The van der Waals surface area contributed by atoms with Crippen molar-refractivity contribution in [3.05, 3.63) is 101 Å². The minimum atomic E-state index is -0.537. The summed E-state index contributed by atoms with van der Waals surface area (Å²) >= 11 is 0. The van der Waals surface area contributed by atoms with Crippen molar-refractivity contribution in [2.75, 3.05) is 6.61 Å². The van der Waals surface area contributed by atoms with Gasteiger partial charge in [-0.3, -0.25) is 4.79 Å². The normalized spacial score (nSPS) is 10.4. The summed E-state index contributed by atoms with van der Waals surface area (Å²) in [4.78, 5) is 24.9. The maximum atomic E-state index is 12.5. The first-order valence-electron chi connectivity index (χ1n) is 9.08. The maximum absolute atomic E-state index is 12.5. The molecule has 4 nitrogen and oxygen atoms in total. The number of hydrogen-bond donors (Lipinski definition) is 0. The fourth-order valence-corrected chi connectivity index (χ4v) is 2.94. The van der Waals surface area contributed by atoms with Gasteiger partial charge in [0.1, 0.15) is 12.4 Å². The number of esters is 1. The maximum Gasteiger partial charge on any atom is 0.338 e. The van der Waals surface area contributed by atoms with Crippen molar-refractivity contribution in [3.63, 3.8) is 0 Å². The van der Waals surface area contributed by atoms with Crippen LogP contribution in [0.15, 0.2) is 72.8 Å². The van der Waals surface area contributed by atoms with Gasteiger partial charge in [0.15, 0.2) is 6.61 Å². The van der Waals surface area contributed by atoms with Gasteiger partial charge in [0, 0.05) is 11.1 Å². The van der Waals surface area contributed by atoms with Gasteiger partial charge in [-0.05, 0) is 37.6 Å². The average molecular weight is 374 g/mol. The standard InChI is InChI=1S/C24H22O4/c1-17-12-13-21(18(2)14-17)23(25)16-28-24(26)22-11-7-6-8-19(22)15-27-20-9-4-3-5-10-20/h3-14H,15-16H2,1-2H3. The van der Waals surface area contributed by atoms with Gasteiger partial charge in [-0.15, -0.1) is 0 Å². The van der Waals surface area contributed by atoms with Crippen LogP contribution >= 0.6 is 0 Å². The number of hydrogen-bond acceptors (Lipinski definition) is 4. The van der Waals surface area contributed by atoms with Crippen LogP contribution in [-0.2, 0) is 11.3 Å². The van der Waals surface area contributed by atoms with Crippen molar-refractivity contribution in [2.45, 2.75) is 20.5 Å². The van der Waals surface area contributed by atoms with Crippen LogP contribution in [0.25, 0.3) is 0 Å². The van der Waals surface area contributed by atoms with E-state index >= 15 is 0 Å². The van der Waals surface area contributed by atoms with Crippen molar-refractivity contribution in [1.29, 1.82) is 0 Å². The molecule has 3 aromatic carbocycles. The highest BCUT2D eigenvalue weighted by Crippen LogP contribution is 2.16. The highest BCUT2D eigenvalue weighted by Gasteiger charge is 2.16. The third kappa shape index (κ3) is 4.86. The SMILES string of the molecule is Cc1ccc(C(=O)COC(=O)c2ccccc2COc2ccccc2)c(C)c1. The molecule has 142 valence electrons. The van der Waals surface area contributed by atoms with E-state index in [4.69, 9.17) is 9.47 Å². The van der Waals surface area contributed by atoms with Crippen molar-refractivity contribution in [1.82, 2.24) is 0 Å². The molecule has 0 heterocycles. The van der Waals surface area contributed by atoms with Crippen LogP contribution in [-0.4, -0.2) is 18.4 Å². The summed E-state index contributed by atoms with van der Waals surface area (Å²) in [6, 6.07) is 22.0. The zero-order chi connectivity index (χ0) is 19.9. The minimum absolute atomic E-state index is 0.219. The fraction of sp³-hybridized carbons (Fsp3) is 0.167. The monoisotopic (exact) mass is 374 g/mol. The molecule has 0 aliphatic carbocycles. The van der Waals surface area contributed by atoms with Gasteiger partial charge in [0.05, 0.1) is 5.56 Å². The Balaban J connectivity index is 1.65. The lowest BCUT2D eigenvalue weighted by Gasteiger charge is -2.11. The van der Waals surface area contributed by atoms with Gasteiger partial charge in [0.2, 0.25) is 5.78 Å². The molecule has 0 amide bonds. The summed E-state index contributed by atoms with van der Waals surface area (Å²) < 4.78 is 11.0. The van der Waals surface area contributed by atoms with Crippen molar-refractivity contribution in [3.8, 4) is 5.75 Å². The van der Waals surface area contributed by atoms with E-state index in [1.54, 1.807) is 18.2 Å². The van der Waals surface area contributed by atoms with Gasteiger partial charge < -0.3 is 9.47 Å². The second-order valence-electron chi connectivity index (χ2n) is 6.58. The highest BCUT2D eigenvalue weighted by atomic mass is 16.5. The smallest absolute Gasteiger partial charge is 0.338 e. The van der Waals surface area contributed by atoms with Crippen molar-refractivity contribution < 1.29 is 19.1 Å². The molecule has 3 rings (SSSR count). The Morgan fingerprint density at radius 2 is 1.54 bits per heavy atom. The number of benzene rings is 3. The topological polar surface area (TPSA) is 52.6 Å². The molecule has 0 radical (unpaired) electrons. The second kappa shape index (κ2) is 9.00. The second-order valence-corrected chi connectivity index (χ2v) is 6.58. The minimum Gasteiger partial charge on any atom is -0.489 e. The molecule has 3 aromatic rings. The van der Waals surface area contributed by atoms with E-state index in [2.05, 4.69) is 0 Å². The van der Waals surface area contributed by atoms with E-state index in [-0.39, 0.29) is 19.0 Å². The summed E-state index contributed by atoms with van der Waals surface area (Å²) in [5.41, 5.74) is 3.62. The molecule has 4 heteroatoms. The van der Waals surface area contributed by atoms with Crippen LogP contribution in [0.4, 0.5) is 0 Å². The first kappa shape index (κ1) is 19.4. The lowest BCUT2D eigenvalue weighted by atomic mass is 10.0. The van der Waals surface area contributed by atoms with Gasteiger partial charge in [-0.2, -0.15) is 0 Å². The third-order valence-corrected chi connectivity index (χ3v) is 4.39. The third-order valence-electron chi connectivity index (χ3n) is 4.39. The molecule has 0 aromatic heterocycles. The first-order valence-corrected chi connectivity index (χ1v) is 9.08. The van der Waals surface area contributed by atoms with Crippen LogP contribution in [0.2, 0.25) is 0 Å². The average Bonchev–Trinajstić information content (AvgIpc) is 2.71. The van der Waals surface area contributed by atoms with Gasteiger partial charge >= 0.3 is 5.97 Å². The molecule has 0 aliphatic rings. The van der Waals surface area contributed by atoms with Crippen LogP contribution in [0, 0.1) is 13.8 Å². The van der Waals surface area contributed by atoms with E-state index in [1.807, 2.05) is 68.4 Å². The lowest BCUT2D eigenvalue weighted by Crippen LogP contribution is -2.16. The Bertz CT molecular complexity index is 977. The Labute approximate surface area is 164 Å². The van der Waals surface area contributed by atoms with E-state index < -0.39 is 5.97 Å². The zero-order valence-corrected chi connectivity index (χ0v) is 16.0. The summed E-state index contributed by atoms with van der Waals surface area (Å²) in [6.07, 6.45) is 0. The van der Waals surface area contributed by atoms with Gasteiger partial charge in [-0.25, -0.2) is 4.79 Å². The van der Waals surface area contributed by atoms with E-state index in [9.17, 15) is 9.59 Å². The van der Waals surface area contributed by atoms with Crippen LogP contribution in [0.5, 0.6) is 5.75 Å². The number of carbonyl (C=O) groups is 2. The molecule has 28 heavy (non-hydrogen) atoms. The van der Waals surface area contributed by atoms with Gasteiger partial charge in [-0.1, -0.05) is 60.2 Å². The number of para-hydroxylation sites is 1. The molecule has 0 atom stereocenters. The molecule has 0 bridgehead atoms. The molecule has 0 N–H and O–H groups in total. The highest BCUT2D eigenvalue weighted by molar-refractivity contribution is 6.00. The number of aryl methyl sites for hydroxylation is 2. The summed E-state index contributed by atoms with van der Waals surface area (Å²) in [5.74, 6) is -0.0371. The summed E-state index contributed by atoms with van der Waals surface area (Å²) in [7, 11) is 0. The number of ketones is 1. The van der Waals surface area contributed by atoms with Crippen molar-refractivity contribution >= 4 is 11.8 Å². The lowest BCUT2D eigenvalue weighted by molar-refractivity contribution is 0.0472. The Morgan fingerprint density at radius 1 is 0.821 bits per heavy atom. The first-order chi connectivity index (χ1) is 13.5. The molecule has 0 saturated heterocycles. The Kier molecular flexibility index (Phi) is 6.22. The fourth-order valence-electron chi connectivity index (χ4n) is 2.94. The van der Waals surface area contributed by atoms with Crippen LogP contribution < -0.4 is 4.74 Å².